The molecule has 0 fully saturated rings. The Bertz CT molecular complexity index is 1580. The van der Waals surface area contributed by atoms with E-state index in [4.69, 9.17) is 9.47 Å². The molecule has 3 amide bonds. The molecule has 3 N–H and O–H groups in total. The summed E-state index contributed by atoms with van der Waals surface area (Å²) in [4.78, 5) is 64.0. The van der Waals surface area contributed by atoms with Gasteiger partial charge in [0.25, 0.3) is 5.91 Å². The van der Waals surface area contributed by atoms with Gasteiger partial charge in [0.05, 0.1) is 19.1 Å². The van der Waals surface area contributed by atoms with Crippen molar-refractivity contribution in [1.29, 1.82) is 0 Å². The second kappa shape index (κ2) is 25.9. The zero-order valence-corrected chi connectivity index (χ0v) is 32.2. The van der Waals surface area contributed by atoms with Crippen molar-refractivity contribution < 1.29 is 33.4 Å². The minimum atomic E-state index is -1.29. The van der Waals surface area contributed by atoms with Crippen molar-refractivity contribution in [2.75, 3.05) is 17.7 Å². The van der Waals surface area contributed by atoms with Crippen LogP contribution in [0, 0.1) is 0 Å². The Kier molecular flexibility index (Phi) is 20.8. The van der Waals surface area contributed by atoms with Crippen LogP contribution in [0.15, 0.2) is 78.9 Å². The number of carbonyl (C=O) groups excluding carboxylic acids is 5. The number of hydrogen-bond donors (Lipinski definition) is 3. The summed E-state index contributed by atoms with van der Waals surface area (Å²) < 4.78 is 10.1. The number of rotatable bonds is 26. The second-order valence-electron chi connectivity index (χ2n) is 13.8. The fraction of sp³-hybridized carbons (Fsp3) is 0.477. The van der Waals surface area contributed by atoms with Crippen molar-refractivity contribution >= 4 is 41.0 Å². The van der Waals surface area contributed by atoms with Crippen LogP contribution in [0.25, 0.3) is 0 Å². The largest absolute Gasteiger partial charge is 0.465 e. The molecule has 0 aromatic heterocycles. The van der Waals surface area contributed by atoms with Gasteiger partial charge in [-0.2, -0.15) is 0 Å². The van der Waals surface area contributed by atoms with E-state index in [0.717, 1.165) is 24.8 Å². The van der Waals surface area contributed by atoms with Crippen LogP contribution in [-0.2, 0) is 30.5 Å². The van der Waals surface area contributed by atoms with Gasteiger partial charge in [-0.25, -0.2) is 4.79 Å². The molecule has 0 radical (unpaired) electrons. The van der Waals surface area contributed by atoms with E-state index >= 15 is 0 Å². The first-order valence-corrected chi connectivity index (χ1v) is 19.7. The molecular formula is C44H59N3O7. The lowest BCUT2D eigenvalue weighted by molar-refractivity contribution is -0.146. The third-order valence-electron chi connectivity index (χ3n) is 9.22. The number of unbranched alkanes of at least 4 members (excludes halogenated alkanes) is 14. The monoisotopic (exact) mass is 741 g/mol. The molecule has 292 valence electrons. The Balaban J connectivity index is 1.42. The van der Waals surface area contributed by atoms with Crippen LogP contribution in [0.5, 0.6) is 0 Å². The van der Waals surface area contributed by atoms with Crippen molar-refractivity contribution in [3.63, 3.8) is 0 Å². The molecule has 10 nitrogen and oxygen atoms in total. The van der Waals surface area contributed by atoms with Crippen LogP contribution >= 0.6 is 0 Å². The summed E-state index contributed by atoms with van der Waals surface area (Å²) in [5.41, 5.74) is 2.07. The van der Waals surface area contributed by atoms with E-state index in [0.29, 0.717) is 12.1 Å². The molecule has 0 spiro atoms. The molecule has 3 aromatic carbocycles. The van der Waals surface area contributed by atoms with Gasteiger partial charge in [-0.1, -0.05) is 133 Å². The zero-order chi connectivity index (χ0) is 38.8. The minimum Gasteiger partial charge on any atom is -0.465 e. The topological polar surface area (TPSA) is 140 Å². The maximum atomic E-state index is 13.4. The number of esters is 2. The van der Waals surface area contributed by atoms with E-state index < -0.39 is 36.2 Å². The predicted molar refractivity (Wildman–Crippen MR) is 213 cm³/mol. The van der Waals surface area contributed by atoms with Gasteiger partial charge >= 0.3 is 11.9 Å². The first-order chi connectivity index (χ1) is 26.3. The summed E-state index contributed by atoms with van der Waals surface area (Å²) in [6.07, 6.45) is 19.0. The van der Waals surface area contributed by atoms with Crippen LogP contribution in [0.4, 0.5) is 11.4 Å². The smallest absolute Gasteiger partial charge is 0.337 e. The van der Waals surface area contributed by atoms with Crippen LogP contribution in [0.3, 0.4) is 0 Å². The second-order valence-corrected chi connectivity index (χ2v) is 13.8. The maximum Gasteiger partial charge on any atom is 0.337 e. The van der Waals surface area contributed by atoms with Gasteiger partial charge in [-0.3, -0.25) is 19.2 Å². The normalized spacial score (nSPS) is 11.3. The summed E-state index contributed by atoms with van der Waals surface area (Å²) in [6.45, 7) is 2.27. The molecule has 0 aliphatic carbocycles. The van der Waals surface area contributed by atoms with Gasteiger partial charge in [0, 0.05) is 23.4 Å². The lowest BCUT2D eigenvalue weighted by atomic mass is 10.0. The van der Waals surface area contributed by atoms with Crippen molar-refractivity contribution in [3.05, 3.63) is 95.6 Å². The van der Waals surface area contributed by atoms with Gasteiger partial charge < -0.3 is 25.4 Å². The zero-order valence-electron chi connectivity index (χ0n) is 32.2. The predicted octanol–water partition coefficient (Wildman–Crippen LogP) is 9.54. The Labute approximate surface area is 321 Å². The average Bonchev–Trinajstić information content (AvgIpc) is 3.18. The Morgan fingerprint density at radius 1 is 0.611 bits per heavy atom. The number of anilines is 2. The molecule has 54 heavy (non-hydrogen) atoms. The highest BCUT2D eigenvalue weighted by Crippen LogP contribution is 2.17. The lowest BCUT2D eigenvalue weighted by Crippen LogP contribution is -2.45. The van der Waals surface area contributed by atoms with E-state index in [-0.39, 0.29) is 29.3 Å². The van der Waals surface area contributed by atoms with Crippen LogP contribution in [0.1, 0.15) is 142 Å². The summed E-state index contributed by atoms with van der Waals surface area (Å²) >= 11 is 0. The first-order valence-electron chi connectivity index (χ1n) is 19.7. The number of amides is 3. The Morgan fingerprint density at radius 3 is 1.80 bits per heavy atom. The van der Waals surface area contributed by atoms with E-state index in [1.54, 1.807) is 48.5 Å². The Hall–Kier alpha value is -4.99. The summed E-state index contributed by atoms with van der Waals surface area (Å²) in [5.74, 6) is -2.61. The molecule has 0 saturated heterocycles. The average molecular weight is 742 g/mol. The fourth-order valence-corrected chi connectivity index (χ4v) is 6.07. The highest BCUT2D eigenvalue weighted by molar-refractivity contribution is 6.03. The molecule has 10 heteroatoms. The standard InChI is InChI=1S/C44H59N3O7/c1-3-4-5-6-7-8-9-10-11-12-13-14-15-16-20-26-40(48)45-37-29-27-35(28-30-37)42(50)47-39(32-41(49)54-33-34-22-18-17-19-23-34)43(51)46-38-25-21-24-36(31-38)44(52)53-2/h17-19,21-25,27-31,39H,3-16,20,26,32-33H2,1-2H3,(H,45,48)(H,46,51)(H,47,50)/t39-/m1/s1. The van der Waals surface area contributed by atoms with Gasteiger partial charge in [0.15, 0.2) is 0 Å². The minimum absolute atomic E-state index is 0.00968. The van der Waals surface area contributed by atoms with Crippen LogP contribution < -0.4 is 16.0 Å². The van der Waals surface area contributed by atoms with Crippen LogP contribution in [0.2, 0.25) is 0 Å². The SMILES string of the molecule is CCCCCCCCCCCCCCCCCC(=O)Nc1ccc(C(=O)N[C@H](CC(=O)OCc2ccccc2)C(=O)Nc2cccc(C(=O)OC)c2)cc1. The van der Waals surface area contributed by atoms with Gasteiger partial charge in [-0.15, -0.1) is 0 Å². The lowest BCUT2D eigenvalue weighted by Gasteiger charge is -2.18. The number of hydrogen-bond acceptors (Lipinski definition) is 7. The van der Waals surface area contributed by atoms with Crippen molar-refractivity contribution in [3.8, 4) is 0 Å². The molecule has 0 heterocycles. The van der Waals surface area contributed by atoms with E-state index in [9.17, 15) is 24.0 Å². The number of nitrogens with one attached hydrogen (secondary N) is 3. The van der Waals surface area contributed by atoms with E-state index in [1.807, 2.05) is 18.2 Å². The third kappa shape index (κ3) is 17.7. The molecule has 0 bridgehead atoms. The molecule has 0 aliphatic rings. The maximum absolute atomic E-state index is 13.4. The fourth-order valence-electron chi connectivity index (χ4n) is 6.07. The number of methoxy groups -OCH3 is 1. The summed E-state index contributed by atoms with van der Waals surface area (Å²) in [6, 6.07) is 20.3. The number of carbonyl (C=O) groups is 5. The molecule has 0 saturated carbocycles. The molecule has 1 atom stereocenters. The molecule has 0 aliphatic heterocycles. The van der Waals surface area contributed by atoms with Gasteiger partial charge in [0.1, 0.15) is 12.6 Å². The number of ether oxygens (including phenoxy) is 2. The summed E-state index contributed by atoms with van der Waals surface area (Å²) in [5, 5.41) is 8.18. The Morgan fingerprint density at radius 2 is 1.20 bits per heavy atom. The van der Waals surface area contributed by atoms with E-state index in [1.165, 1.54) is 96.3 Å². The molecule has 0 unspecified atom stereocenters. The molecular weight excluding hydrogens is 682 g/mol. The summed E-state index contributed by atoms with van der Waals surface area (Å²) in [7, 11) is 1.25. The van der Waals surface area contributed by atoms with Crippen molar-refractivity contribution in [1.82, 2.24) is 5.32 Å². The molecule has 3 rings (SSSR count). The quantitative estimate of drug-likeness (QED) is 0.0550. The molecule has 3 aromatic rings. The number of benzene rings is 3. The van der Waals surface area contributed by atoms with Crippen LogP contribution in [-0.4, -0.2) is 42.8 Å². The van der Waals surface area contributed by atoms with Crippen molar-refractivity contribution in [2.24, 2.45) is 0 Å². The highest BCUT2D eigenvalue weighted by atomic mass is 16.5. The first kappa shape index (κ1) is 43.4. The van der Waals surface area contributed by atoms with Gasteiger partial charge in [-0.05, 0) is 54.4 Å². The third-order valence-corrected chi connectivity index (χ3v) is 9.22. The van der Waals surface area contributed by atoms with Crippen molar-refractivity contribution in [2.45, 2.75) is 129 Å². The van der Waals surface area contributed by atoms with E-state index in [2.05, 4.69) is 22.9 Å². The van der Waals surface area contributed by atoms with Gasteiger partial charge in [0.2, 0.25) is 11.8 Å². The highest BCUT2D eigenvalue weighted by Gasteiger charge is 2.26.